The van der Waals surface area contributed by atoms with Crippen molar-refractivity contribution in [2.24, 2.45) is 0 Å². The van der Waals surface area contributed by atoms with E-state index in [1.165, 1.54) is 14.1 Å². The maximum Gasteiger partial charge on any atom is 0.301 e. The summed E-state index contributed by atoms with van der Waals surface area (Å²) in [5.74, 6) is 0. The largest absolute Gasteiger partial charge is 0.378 e. The summed E-state index contributed by atoms with van der Waals surface area (Å²) in [6.45, 7) is 3.19. The normalized spacial score (nSPS) is 15.1. The molecule has 0 aromatic heterocycles. The lowest BCUT2D eigenvalue weighted by atomic mass is 10.2. The zero-order valence-electron chi connectivity index (χ0n) is 15.0. The fourth-order valence-electron chi connectivity index (χ4n) is 2.68. The fraction of sp³-hybridized carbons (Fsp3) is 0.333. The molecule has 0 unspecified atom stereocenters. The van der Waals surface area contributed by atoms with Crippen LogP contribution in [0.4, 0.5) is 22.7 Å². The molecule has 0 atom stereocenters. The summed E-state index contributed by atoms with van der Waals surface area (Å²) in [7, 11) is -0.526. The predicted molar refractivity (Wildman–Crippen MR) is 105 cm³/mol. The molecule has 2 aromatic rings. The zero-order valence-corrected chi connectivity index (χ0v) is 15.8. The highest BCUT2D eigenvalue weighted by atomic mass is 32.2. The maximum absolute atomic E-state index is 11.9. The minimum absolute atomic E-state index is 0.519. The summed E-state index contributed by atoms with van der Waals surface area (Å²) >= 11 is 0. The summed E-state index contributed by atoms with van der Waals surface area (Å²) in [6.07, 6.45) is 0. The number of nitrogens with zero attached hydrogens (tertiary/aromatic N) is 2. The van der Waals surface area contributed by atoms with Crippen LogP contribution in [-0.4, -0.2) is 53.1 Å². The molecule has 0 saturated carbocycles. The molecular formula is C18H24N4O3S. The second-order valence-electron chi connectivity index (χ2n) is 6.21. The van der Waals surface area contributed by atoms with Gasteiger partial charge in [-0.05, 0) is 36.4 Å². The Labute approximate surface area is 154 Å². The molecule has 7 nitrogen and oxygen atoms in total. The molecule has 140 valence electrons. The Balaban J connectivity index is 1.74. The van der Waals surface area contributed by atoms with E-state index in [1.54, 1.807) is 12.1 Å². The van der Waals surface area contributed by atoms with Gasteiger partial charge in [0.2, 0.25) is 0 Å². The SMILES string of the molecule is CN(C)S(=O)(=O)Nc1ccc(Nc2ccccc2N2CCOCC2)cc1. The molecule has 2 aromatic carbocycles. The van der Waals surface area contributed by atoms with Crippen LogP contribution in [0, 0.1) is 0 Å². The predicted octanol–water partition coefficient (Wildman–Crippen LogP) is 2.49. The van der Waals surface area contributed by atoms with E-state index in [-0.39, 0.29) is 0 Å². The van der Waals surface area contributed by atoms with Gasteiger partial charge in [-0.15, -0.1) is 0 Å². The van der Waals surface area contributed by atoms with Gasteiger partial charge in [-0.3, -0.25) is 4.72 Å². The van der Waals surface area contributed by atoms with Crippen molar-refractivity contribution in [3.05, 3.63) is 48.5 Å². The number of benzene rings is 2. The van der Waals surface area contributed by atoms with Crippen LogP contribution in [0.15, 0.2) is 48.5 Å². The van der Waals surface area contributed by atoms with Crippen molar-refractivity contribution < 1.29 is 13.2 Å². The number of ether oxygens (including phenoxy) is 1. The van der Waals surface area contributed by atoms with Crippen molar-refractivity contribution in [2.45, 2.75) is 0 Å². The average molecular weight is 376 g/mol. The molecule has 26 heavy (non-hydrogen) atoms. The smallest absolute Gasteiger partial charge is 0.301 e. The van der Waals surface area contributed by atoms with Gasteiger partial charge in [-0.2, -0.15) is 12.7 Å². The molecule has 8 heteroatoms. The lowest BCUT2D eigenvalue weighted by Crippen LogP contribution is -2.36. The number of anilines is 4. The minimum atomic E-state index is -3.50. The lowest BCUT2D eigenvalue weighted by molar-refractivity contribution is 0.123. The summed E-state index contributed by atoms with van der Waals surface area (Å²) in [5.41, 5.74) is 3.55. The van der Waals surface area contributed by atoms with Gasteiger partial charge in [0.25, 0.3) is 0 Å². The third-order valence-corrected chi connectivity index (χ3v) is 5.60. The monoisotopic (exact) mass is 376 g/mol. The third-order valence-electron chi connectivity index (χ3n) is 4.15. The second kappa shape index (κ2) is 7.94. The highest BCUT2D eigenvalue weighted by molar-refractivity contribution is 7.90. The Morgan fingerprint density at radius 1 is 0.962 bits per heavy atom. The Morgan fingerprint density at radius 3 is 2.23 bits per heavy atom. The van der Waals surface area contributed by atoms with Gasteiger partial charge in [0.05, 0.1) is 24.6 Å². The topological polar surface area (TPSA) is 73.9 Å². The Bertz CT molecular complexity index is 832. The van der Waals surface area contributed by atoms with Gasteiger partial charge in [-0.25, -0.2) is 0 Å². The molecular weight excluding hydrogens is 352 g/mol. The highest BCUT2D eigenvalue weighted by Crippen LogP contribution is 2.29. The lowest BCUT2D eigenvalue weighted by Gasteiger charge is -2.30. The minimum Gasteiger partial charge on any atom is -0.378 e. The van der Waals surface area contributed by atoms with Crippen LogP contribution in [0.5, 0.6) is 0 Å². The number of para-hydroxylation sites is 2. The number of nitrogens with one attached hydrogen (secondary N) is 2. The van der Waals surface area contributed by atoms with Crippen LogP contribution in [0.3, 0.4) is 0 Å². The summed E-state index contributed by atoms with van der Waals surface area (Å²) in [4.78, 5) is 2.30. The van der Waals surface area contributed by atoms with Crippen LogP contribution < -0.4 is 14.9 Å². The molecule has 3 rings (SSSR count). The van der Waals surface area contributed by atoms with Crippen molar-refractivity contribution in [3.63, 3.8) is 0 Å². The molecule has 1 fully saturated rings. The molecule has 0 aliphatic carbocycles. The van der Waals surface area contributed by atoms with Gasteiger partial charge in [0.1, 0.15) is 0 Å². The highest BCUT2D eigenvalue weighted by Gasteiger charge is 2.15. The Hall–Kier alpha value is -2.29. The molecule has 1 aliphatic rings. The van der Waals surface area contributed by atoms with Crippen molar-refractivity contribution in [1.29, 1.82) is 0 Å². The number of hydrogen-bond acceptors (Lipinski definition) is 5. The first-order valence-electron chi connectivity index (χ1n) is 8.45. The van der Waals surface area contributed by atoms with E-state index in [4.69, 9.17) is 4.74 Å². The van der Waals surface area contributed by atoms with Crippen molar-refractivity contribution in [2.75, 3.05) is 55.3 Å². The van der Waals surface area contributed by atoms with Gasteiger partial charge in [0.15, 0.2) is 0 Å². The molecule has 1 saturated heterocycles. The molecule has 0 radical (unpaired) electrons. The third kappa shape index (κ3) is 4.46. The average Bonchev–Trinajstić information content (AvgIpc) is 2.64. The van der Waals surface area contributed by atoms with Gasteiger partial charge >= 0.3 is 10.2 Å². The first kappa shape index (κ1) is 18.5. The first-order chi connectivity index (χ1) is 12.5. The quantitative estimate of drug-likeness (QED) is 0.810. The number of hydrogen-bond donors (Lipinski definition) is 2. The molecule has 0 bridgehead atoms. The van der Waals surface area contributed by atoms with Crippen LogP contribution in [0.25, 0.3) is 0 Å². The number of morpholine rings is 1. The van der Waals surface area contributed by atoms with E-state index >= 15 is 0 Å². The molecule has 2 N–H and O–H groups in total. The van der Waals surface area contributed by atoms with Gasteiger partial charge in [0, 0.05) is 38.6 Å². The van der Waals surface area contributed by atoms with Gasteiger partial charge < -0.3 is 15.0 Å². The van der Waals surface area contributed by atoms with E-state index in [1.807, 2.05) is 30.3 Å². The summed E-state index contributed by atoms with van der Waals surface area (Å²) < 4.78 is 32.8. The Kier molecular flexibility index (Phi) is 5.65. The fourth-order valence-corrected chi connectivity index (χ4v) is 3.29. The van der Waals surface area contributed by atoms with Crippen LogP contribution in [0.1, 0.15) is 0 Å². The summed E-state index contributed by atoms with van der Waals surface area (Å²) in [5, 5.41) is 3.41. The zero-order chi connectivity index (χ0) is 18.6. The van der Waals surface area contributed by atoms with Crippen LogP contribution in [-0.2, 0) is 14.9 Å². The van der Waals surface area contributed by atoms with Crippen molar-refractivity contribution in [1.82, 2.24) is 4.31 Å². The molecule has 1 heterocycles. The van der Waals surface area contributed by atoms with Crippen LogP contribution in [0.2, 0.25) is 0 Å². The standard InChI is InChI=1S/C18H24N4O3S/c1-21(2)26(23,24)20-16-9-7-15(8-10-16)19-17-5-3-4-6-18(17)22-11-13-25-14-12-22/h3-10,19-20H,11-14H2,1-2H3. The van der Waals surface area contributed by atoms with E-state index in [0.717, 1.165) is 47.7 Å². The number of rotatable bonds is 6. The molecule has 0 spiro atoms. The van der Waals surface area contributed by atoms with Crippen molar-refractivity contribution in [3.8, 4) is 0 Å². The Morgan fingerprint density at radius 2 is 1.58 bits per heavy atom. The van der Waals surface area contributed by atoms with E-state index in [2.05, 4.69) is 21.0 Å². The summed E-state index contributed by atoms with van der Waals surface area (Å²) in [6, 6.07) is 15.3. The van der Waals surface area contributed by atoms with E-state index in [0.29, 0.717) is 5.69 Å². The van der Waals surface area contributed by atoms with Crippen molar-refractivity contribution >= 4 is 33.0 Å². The first-order valence-corrected chi connectivity index (χ1v) is 9.89. The maximum atomic E-state index is 11.9. The van der Waals surface area contributed by atoms with E-state index in [9.17, 15) is 8.42 Å². The van der Waals surface area contributed by atoms with Crippen LogP contribution >= 0.6 is 0 Å². The van der Waals surface area contributed by atoms with Gasteiger partial charge in [-0.1, -0.05) is 12.1 Å². The molecule has 0 amide bonds. The van der Waals surface area contributed by atoms with E-state index < -0.39 is 10.2 Å². The molecule has 1 aliphatic heterocycles. The second-order valence-corrected chi connectivity index (χ2v) is 8.09.